The minimum Gasteiger partial charge on any atom is -0.444 e. The third-order valence-corrected chi connectivity index (χ3v) is 3.68. The molecule has 1 aromatic carbocycles. The van der Waals surface area contributed by atoms with Gasteiger partial charge in [-0.2, -0.15) is 0 Å². The average Bonchev–Trinajstić information content (AvgIpc) is 2.84. The van der Waals surface area contributed by atoms with Gasteiger partial charge in [-0.15, -0.1) is 11.8 Å². The molecular formula is C19H26N2O2. The predicted molar refractivity (Wildman–Crippen MR) is 93.4 cm³/mol. The first-order valence-corrected chi connectivity index (χ1v) is 8.15. The summed E-state index contributed by atoms with van der Waals surface area (Å²) in [5.74, 6) is 5.98. The maximum atomic E-state index is 11.8. The highest BCUT2D eigenvalue weighted by Crippen LogP contribution is 2.33. The molecule has 1 aromatic rings. The molecule has 0 heterocycles. The zero-order valence-electron chi connectivity index (χ0n) is 14.5. The Hall–Kier alpha value is -1.99. The largest absolute Gasteiger partial charge is 0.444 e. The number of hydrogen-bond donors (Lipinski definition) is 2. The van der Waals surface area contributed by atoms with Crippen LogP contribution in [0.2, 0.25) is 0 Å². The standard InChI is InChI=1S/C19H26N2O2/c1-5-6-7-12-20-17-11-8-14-13-15(9-10-16(14)17)21-18(22)23-19(2,3)4/h9-10,13,17,20H,7-8,11-12H2,1-4H3,(H,21,22). The van der Waals surface area contributed by atoms with Crippen molar-refractivity contribution in [3.63, 3.8) is 0 Å². The van der Waals surface area contributed by atoms with Crippen molar-refractivity contribution in [3.05, 3.63) is 29.3 Å². The van der Waals surface area contributed by atoms with Gasteiger partial charge < -0.3 is 10.1 Å². The summed E-state index contributed by atoms with van der Waals surface area (Å²) in [5, 5.41) is 6.35. The van der Waals surface area contributed by atoms with Gasteiger partial charge in [0.15, 0.2) is 0 Å². The number of hydrogen-bond acceptors (Lipinski definition) is 3. The molecule has 1 aliphatic rings. The van der Waals surface area contributed by atoms with Crippen LogP contribution < -0.4 is 10.6 Å². The molecule has 4 heteroatoms. The SMILES string of the molecule is CC#CCCNC1CCc2cc(NC(=O)OC(C)(C)C)ccc21. The second kappa shape index (κ2) is 7.52. The van der Waals surface area contributed by atoms with Gasteiger partial charge in [-0.1, -0.05) is 6.07 Å². The number of nitrogens with one attached hydrogen (secondary N) is 2. The van der Waals surface area contributed by atoms with Crippen LogP contribution in [0, 0.1) is 11.8 Å². The van der Waals surface area contributed by atoms with E-state index in [1.807, 2.05) is 39.8 Å². The third-order valence-electron chi connectivity index (χ3n) is 3.68. The first kappa shape index (κ1) is 17.4. The molecule has 0 radical (unpaired) electrons. The Morgan fingerprint density at radius 2 is 2.17 bits per heavy atom. The van der Waals surface area contributed by atoms with Crippen molar-refractivity contribution in [1.82, 2.24) is 5.32 Å². The number of aryl methyl sites for hydroxylation is 1. The van der Waals surface area contributed by atoms with E-state index in [4.69, 9.17) is 4.74 Å². The topological polar surface area (TPSA) is 50.4 Å². The van der Waals surface area contributed by atoms with Crippen molar-refractivity contribution >= 4 is 11.8 Å². The molecule has 0 bridgehead atoms. The van der Waals surface area contributed by atoms with Crippen LogP contribution in [-0.4, -0.2) is 18.2 Å². The van der Waals surface area contributed by atoms with Crippen LogP contribution in [0.4, 0.5) is 10.5 Å². The Morgan fingerprint density at radius 1 is 1.39 bits per heavy atom. The van der Waals surface area contributed by atoms with Crippen LogP contribution >= 0.6 is 0 Å². The number of fused-ring (bicyclic) bond motifs is 1. The van der Waals surface area contributed by atoms with Gasteiger partial charge in [0.25, 0.3) is 0 Å². The second-order valence-electron chi connectivity index (χ2n) is 6.76. The first-order valence-electron chi connectivity index (χ1n) is 8.15. The normalized spacial score (nSPS) is 16.3. The minimum atomic E-state index is -0.489. The molecular weight excluding hydrogens is 288 g/mol. The molecule has 1 amide bonds. The van der Waals surface area contributed by atoms with Crippen LogP contribution in [0.15, 0.2) is 18.2 Å². The molecule has 0 spiro atoms. The van der Waals surface area contributed by atoms with Crippen molar-refractivity contribution in [2.75, 3.05) is 11.9 Å². The Balaban J connectivity index is 1.95. The van der Waals surface area contributed by atoms with E-state index in [1.165, 1.54) is 11.1 Å². The minimum absolute atomic E-state index is 0.388. The van der Waals surface area contributed by atoms with Crippen molar-refractivity contribution in [1.29, 1.82) is 0 Å². The van der Waals surface area contributed by atoms with Crippen LogP contribution in [0.3, 0.4) is 0 Å². The van der Waals surface area contributed by atoms with Gasteiger partial charge in [0, 0.05) is 24.7 Å². The van der Waals surface area contributed by atoms with E-state index >= 15 is 0 Å². The summed E-state index contributed by atoms with van der Waals surface area (Å²) >= 11 is 0. The Kier molecular flexibility index (Phi) is 5.68. The number of anilines is 1. The zero-order valence-corrected chi connectivity index (χ0v) is 14.5. The van der Waals surface area contributed by atoms with Crippen molar-refractivity contribution in [3.8, 4) is 11.8 Å². The lowest BCUT2D eigenvalue weighted by atomic mass is 10.1. The molecule has 0 aliphatic heterocycles. The van der Waals surface area contributed by atoms with E-state index < -0.39 is 11.7 Å². The smallest absolute Gasteiger partial charge is 0.412 e. The number of benzene rings is 1. The van der Waals surface area contributed by atoms with Crippen LogP contribution in [0.25, 0.3) is 0 Å². The maximum Gasteiger partial charge on any atom is 0.412 e. The summed E-state index contributed by atoms with van der Waals surface area (Å²) in [7, 11) is 0. The van der Waals surface area contributed by atoms with E-state index in [1.54, 1.807) is 0 Å². The molecule has 124 valence electrons. The Bertz CT molecular complexity index is 620. The summed E-state index contributed by atoms with van der Waals surface area (Å²) in [6.07, 6.45) is 2.57. The molecule has 2 rings (SSSR count). The van der Waals surface area contributed by atoms with E-state index in [2.05, 4.69) is 28.5 Å². The van der Waals surface area contributed by atoms with Gasteiger partial charge in [-0.3, -0.25) is 5.32 Å². The highest BCUT2D eigenvalue weighted by Gasteiger charge is 2.22. The van der Waals surface area contributed by atoms with Gasteiger partial charge in [0.05, 0.1) is 0 Å². The van der Waals surface area contributed by atoms with Gasteiger partial charge in [0.2, 0.25) is 0 Å². The van der Waals surface area contributed by atoms with Gasteiger partial charge in [0.1, 0.15) is 5.60 Å². The summed E-state index contributed by atoms with van der Waals surface area (Å²) in [6, 6.07) is 6.47. The lowest BCUT2D eigenvalue weighted by Gasteiger charge is -2.20. The summed E-state index contributed by atoms with van der Waals surface area (Å²) in [5.41, 5.74) is 2.91. The molecule has 4 nitrogen and oxygen atoms in total. The summed E-state index contributed by atoms with van der Waals surface area (Å²) in [6.45, 7) is 8.34. The fourth-order valence-electron chi connectivity index (χ4n) is 2.76. The Morgan fingerprint density at radius 3 is 2.87 bits per heavy atom. The number of ether oxygens (including phenoxy) is 1. The quantitative estimate of drug-likeness (QED) is 0.652. The highest BCUT2D eigenvalue weighted by molar-refractivity contribution is 5.85. The van der Waals surface area contributed by atoms with E-state index in [0.29, 0.717) is 6.04 Å². The molecule has 23 heavy (non-hydrogen) atoms. The number of carbonyl (C=O) groups is 1. The van der Waals surface area contributed by atoms with Crippen LogP contribution in [0.1, 0.15) is 57.7 Å². The summed E-state index contributed by atoms with van der Waals surface area (Å²) < 4.78 is 5.28. The average molecular weight is 314 g/mol. The monoisotopic (exact) mass is 314 g/mol. The van der Waals surface area contributed by atoms with E-state index in [0.717, 1.165) is 31.5 Å². The third kappa shape index (κ3) is 5.30. The molecule has 2 N–H and O–H groups in total. The fraction of sp³-hybridized carbons (Fsp3) is 0.526. The van der Waals surface area contributed by atoms with Crippen LogP contribution in [-0.2, 0) is 11.2 Å². The molecule has 1 unspecified atom stereocenters. The maximum absolute atomic E-state index is 11.8. The van der Waals surface area contributed by atoms with Crippen molar-refractivity contribution in [2.45, 2.75) is 58.6 Å². The van der Waals surface area contributed by atoms with Crippen molar-refractivity contribution < 1.29 is 9.53 Å². The van der Waals surface area contributed by atoms with E-state index in [-0.39, 0.29) is 0 Å². The number of amides is 1. The van der Waals surface area contributed by atoms with E-state index in [9.17, 15) is 4.79 Å². The molecule has 0 aromatic heterocycles. The number of carbonyl (C=O) groups excluding carboxylic acids is 1. The first-order chi connectivity index (χ1) is 10.9. The second-order valence-corrected chi connectivity index (χ2v) is 6.76. The van der Waals surface area contributed by atoms with Gasteiger partial charge in [-0.25, -0.2) is 4.79 Å². The lowest BCUT2D eigenvalue weighted by molar-refractivity contribution is 0.0636. The Labute approximate surface area is 139 Å². The zero-order chi connectivity index (χ0) is 16.9. The fourth-order valence-corrected chi connectivity index (χ4v) is 2.76. The summed E-state index contributed by atoms with van der Waals surface area (Å²) in [4.78, 5) is 11.8. The van der Waals surface area contributed by atoms with Crippen LogP contribution in [0.5, 0.6) is 0 Å². The van der Waals surface area contributed by atoms with Gasteiger partial charge >= 0.3 is 6.09 Å². The number of rotatable bonds is 4. The van der Waals surface area contributed by atoms with Gasteiger partial charge in [-0.05, 0) is 63.8 Å². The molecule has 0 saturated heterocycles. The highest BCUT2D eigenvalue weighted by atomic mass is 16.6. The molecule has 1 atom stereocenters. The molecule has 0 saturated carbocycles. The molecule has 1 aliphatic carbocycles. The van der Waals surface area contributed by atoms with Crippen molar-refractivity contribution in [2.24, 2.45) is 0 Å². The predicted octanol–water partition coefficient (Wildman–Crippen LogP) is 4.02. The lowest BCUT2D eigenvalue weighted by Crippen LogP contribution is -2.27. The molecule has 0 fully saturated rings.